The number of carbonyl (C=O) groups excluding carboxylic acids is 1. The van der Waals surface area contributed by atoms with Crippen LogP contribution in [0.15, 0.2) is 30.3 Å². The highest BCUT2D eigenvalue weighted by atomic mass is 16.5. The second kappa shape index (κ2) is 7.85. The number of ether oxygens (including phenoxy) is 1. The second-order valence-electron chi connectivity index (χ2n) is 5.12. The zero-order valence-corrected chi connectivity index (χ0v) is 12.4. The monoisotopic (exact) mass is 293 g/mol. The van der Waals surface area contributed by atoms with Crippen LogP contribution in [-0.4, -0.2) is 73.4 Å². The van der Waals surface area contributed by atoms with Gasteiger partial charge in [-0.1, -0.05) is 18.2 Å². The van der Waals surface area contributed by atoms with Crippen LogP contribution in [0.2, 0.25) is 0 Å². The Kier molecular flexibility index (Phi) is 5.83. The standard InChI is InChI=1S/C15H23N3O3/c1-16-15(20)18-9-7-17(8-10-18)11-13(19)12-21-14-5-3-2-4-6-14/h2-6,13,19H,7-12H2,1H3,(H,16,20). The molecule has 0 bridgehead atoms. The second-order valence-corrected chi connectivity index (χ2v) is 5.12. The van der Waals surface area contributed by atoms with Crippen LogP contribution in [-0.2, 0) is 0 Å². The van der Waals surface area contributed by atoms with Crippen LogP contribution in [0.4, 0.5) is 4.79 Å². The van der Waals surface area contributed by atoms with E-state index >= 15 is 0 Å². The van der Waals surface area contributed by atoms with Crippen molar-refractivity contribution >= 4 is 6.03 Å². The molecule has 0 spiro atoms. The Bertz CT molecular complexity index is 433. The Morgan fingerprint density at radius 2 is 1.95 bits per heavy atom. The van der Waals surface area contributed by atoms with Crippen molar-refractivity contribution in [3.05, 3.63) is 30.3 Å². The Balaban J connectivity index is 1.67. The van der Waals surface area contributed by atoms with E-state index in [4.69, 9.17) is 4.74 Å². The molecule has 1 aliphatic heterocycles. The smallest absolute Gasteiger partial charge is 0.317 e. The lowest BCUT2D eigenvalue weighted by atomic mass is 10.2. The quantitative estimate of drug-likeness (QED) is 0.824. The van der Waals surface area contributed by atoms with Crippen molar-refractivity contribution < 1.29 is 14.6 Å². The maximum atomic E-state index is 11.5. The summed E-state index contributed by atoms with van der Waals surface area (Å²) in [7, 11) is 1.64. The third-order valence-corrected chi connectivity index (χ3v) is 3.53. The van der Waals surface area contributed by atoms with E-state index in [1.54, 1.807) is 11.9 Å². The van der Waals surface area contributed by atoms with Crippen molar-refractivity contribution in [1.29, 1.82) is 0 Å². The Hall–Kier alpha value is -1.79. The van der Waals surface area contributed by atoms with Gasteiger partial charge in [0.1, 0.15) is 18.5 Å². The molecule has 1 aromatic carbocycles. The molecule has 116 valence electrons. The summed E-state index contributed by atoms with van der Waals surface area (Å²) in [6.45, 7) is 3.76. The minimum atomic E-state index is -0.531. The molecular weight excluding hydrogens is 270 g/mol. The molecule has 1 heterocycles. The number of benzene rings is 1. The van der Waals surface area contributed by atoms with E-state index in [1.807, 2.05) is 30.3 Å². The minimum absolute atomic E-state index is 0.0393. The van der Waals surface area contributed by atoms with Crippen LogP contribution >= 0.6 is 0 Å². The van der Waals surface area contributed by atoms with Crippen LogP contribution in [0.5, 0.6) is 5.75 Å². The molecule has 21 heavy (non-hydrogen) atoms. The number of nitrogens with one attached hydrogen (secondary N) is 1. The van der Waals surface area contributed by atoms with Crippen LogP contribution in [0, 0.1) is 0 Å². The number of hydrogen-bond acceptors (Lipinski definition) is 4. The zero-order chi connectivity index (χ0) is 15.1. The Labute approximate surface area is 125 Å². The van der Waals surface area contributed by atoms with E-state index in [1.165, 1.54) is 0 Å². The van der Waals surface area contributed by atoms with Gasteiger partial charge in [-0.05, 0) is 12.1 Å². The van der Waals surface area contributed by atoms with Gasteiger partial charge in [0.05, 0.1) is 0 Å². The molecule has 1 saturated heterocycles. The largest absolute Gasteiger partial charge is 0.491 e. The first-order valence-corrected chi connectivity index (χ1v) is 7.24. The van der Waals surface area contributed by atoms with Crippen molar-refractivity contribution in [3.63, 3.8) is 0 Å². The van der Waals surface area contributed by atoms with Crippen molar-refractivity contribution in [3.8, 4) is 5.75 Å². The summed E-state index contributed by atoms with van der Waals surface area (Å²) in [5, 5.41) is 12.7. The summed E-state index contributed by atoms with van der Waals surface area (Å²) in [4.78, 5) is 15.4. The minimum Gasteiger partial charge on any atom is -0.491 e. The van der Waals surface area contributed by atoms with E-state index in [2.05, 4.69) is 10.2 Å². The van der Waals surface area contributed by atoms with Gasteiger partial charge in [-0.3, -0.25) is 4.90 Å². The van der Waals surface area contributed by atoms with E-state index < -0.39 is 6.10 Å². The molecule has 2 amide bonds. The van der Waals surface area contributed by atoms with Gasteiger partial charge in [-0.2, -0.15) is 0 Å². The van der Waals surface area contributed by atoms with Crippen molar-refractivity contribution in [2.75, 3.05) is 46.4 Å². The number of amides is 2. The van der Waals surface area contributed by atoms with Crippen LogP contribution in [0.1, 0.15) is 0 Å². The Morgan fingerprint density at radius 3 is 2.57 bits per heavy atom. The highest BCUT2D eigenvalue weighted by molar-refractivity contribution is 5.73. The van der Waals surface area contributed by atoms with Crippen molar-refractivity contribution in [1.82, 2.24) is 15.1 Å². The fraction of sp³-hybridized carbons (Fsp3) is 0.533. The number of carbonyl (C=O) groups is 1. The van der Waals surface area contributed by atoms with Crippen molar-refractivity contribution in [2.45, 2.75) is 6.10 Å². The maximum absolute atomic E-state index is 11.5. The van der Waals surface area contributed by atoms with Crippen molar-refractivity contribution in [2.24, 2.45) is 0 Å². The molecule has 0 radical (unpaired) electrons. The van der Waals surface area contributed by atoms with E-state index in [0.29, 0.717) is 19.6 Å². The molecule has 6 nitrogen and oxygen atoms in total. The summed E-state index contributed by atoms with van der Waals surface area (Å²) in [5.74, 6) is 0.765. The van der Waals surface area contributed by atoms with Crippen LogP contribution in [0.25, 0.3) is 0 Å². The van der Waals surface area contributed by atoms with Gasteiger partial charge in [0.2, 0.25) is 0 Å². The van der Waals surface area contributed by atoms with Gasteiger partial charge >= 0.3 is 6.03 Å². The molecule has 1 fully saturated rings. The number of nitrogens with zero attached hydrogens (tertiary/aromatic N) is 2. The lowest BCUT2D eigenvalue weighted by Gasteiger charge is -2.35. The summed E-state index contributed by atoms with van der Waals surface area (Å²) < 4.78 is 5.53. The number of hydrogen-bond donors (Lipinski definition) is 2. The highest BCUT2D eigenvalue weighted by Gasteiger charge is 2.21. The third kappa shape index (κ3) is 4.91. The summed E-state index contributed by atoms with van der Waals surface area (Å²) in [5.41, 5.74) is 0. The topological polar surface area (TPSA) is 65.0 Å². The molecule has 1 unspecified atom stereocenters. The number of rotatable bonds is 5. The normalized spacial score (nSPS) is 17.3. The molecule has 0 saturated carbocycles. The predicted molar refractivity (Wildman–Crippen MR) is 80.4 cm³/mol. The molecule has 0 aliphatic carbocycles. The first-order valence-electron chi connectivity index (χ1n) is 7.24. The lowest BCUT2D eigenvalue weighted by Crippen LogP contribution is -2.52. The first kappa shape index (κ1) is 15.6. The van der Waals surface area contributed by atoms with Crippen LogP contribution < -0.4 is 10.1 Å². The fourth-order valence-corrected chi connectivity index (χ4v) is 2.35. The lowest BCUT2D eigenvalue weighted by molar-refractivity contribution is 0.0517. The first-order chi connectivity index (χ1) is 10.2. The average Bonchev–Trinajstić information content (AvgIpc) is 2.54. The number of urea groups is 1. The molecule has 1 aliphatic rings. The van der Waals surface area contributed by atoms with E-state index in [9.17, 15) is 9.90 Å². The number of piperazine rings is 1. The number of para-hydroxylation sites is 1. The molecule has 6 heteroatoms. The number of β-amino-alcohol motifs (C(OH)–C–C–N with tert-alkyl or cyclic N) is 1. The Morgan fingerprint density at radius 1 is 1.29 bits per heavy atom. The number of aliphatic hydroxyl groups excluding tert-OH is 1. The zero-order valence-electron chi connectivity index (χ0n) is 12.4. The molecular formula is C15H23N3O3. The number of aliphatic hydroxyl groups is 1. The fourth-order valence-electron chi connectivity index (χ4n) is 2.35. The summed E-state index contributed by atoms with van der Waals surface area (Å²) in [6.07, 6.45) is -0.531. The molecule has 2 N–H and O–H groups in total. The summed E-state index contributed by atoms with van der Waals surface area (Å²) in [6, 6.07) is 9.43. The van der Waals surface area contributed by atoms with Gasteiger partial charge in [-0.15, -0.1) is 0 Å². The van der Waals surface area contributed by atoms with Crippen LogP contribution in [0.3, 0.4) is 0 Å². The van der Waals surface area contributed by atoms with Gasteiger partial charge in [0.15, 0.2) is 0 Å². The van der Waals surface area contributed by atoms with Gasteiger partial charge in [-0.25, -0.2) is 4.79 Å². The van der Waals surface area contributed by atoms with Gasteiger partial charge < -0.3 is 20.1 Å². The van der Waals surface area contributed by atoms with E-state index in [-0.39, 0.29) is 12.6 Å². The SMILES string of the molecule is CNC(=O)N1CCN(CC(O)COc2ccccc2)CC1. The molecule has 1 atom stereocenters. The highest BCUT2D eigenvalue weighted by Crippen LogP contribution is 2.09. The van der Waals surface area contributed by atoms with Gasteiger partial charge in [0.25, 0.3) is 0 Å². The molecule has 0 aromatic heterocycles. The van der Waals surface area contributed by atoms with E-state index in [0.717, 1.165) is 18.8 Å². The average molecular weight is 293 g/mol. The maximum Gasteiger partial charge on any atom is 0.317 e. The predicted octanol–water partition coefficient (Wildman–Crippen LogP) is 0.383. The molecule has 2 rings (SSSR count). The third-order valence-electron chi connectivity index (χ3n) is 3.53. The van der Waals surface area contributed by atoms with Gasteiger partial charge in [0, 0.05) is 39.8 Å². The summed E-state index contributed by atoms with van der Waals surface area (Å²) >= 11 is 0. The molecule has 1 aromatic rings.